The number of ether oxygens (including phenoxy) is 1. The quantitative estimate of drug-likeness (QED) is 0.219. The monoisotopic (exact) mass is 501 g/mol. The molecule has 11 heteroatoms. The fourth-order valence-electron chi connectivity index (χ4n) is 3.30. The van der Waals surface area contributed by atoms with Crippen molar-refractivity contribution in [2.75, 3.05) is 11.9 Å². The Morgan fingerprint density at radius 3 is 2.51 bits per heavy atom. The van der Waals surface area contributed by atoms with Crippen LogP contribution in [0.15, 0.2) is 60.7 Å². The number of hydrogen-bond acceptors (Lipinski definition) is 6. The molecule has 1 heterocycles. The lowest BCUT2D eigenvalue weighted by Crippen LogP contribution is -2.15. The van der Waals surface area contributed by atoms with Gasteiger partial charge >= 0.3 is 6.18 Å². The molecule has 0 unspecified atom stereocenters. The maximum Gasteiger partial charge on any atom is 0.423 e. The van der Waals surface area contributed by atoms with Gasteiger partial charge in [-0.1, -0.05) is 6.92 Å². The van der Waals surface area contributed by atoms with E-state index in [-0.39, 0.29) is 5.56 Å². The molecule has 1 amide bonds. The number of benzene rings is 3. The van der Waals surface area contributed by atoms with Crippen molar-refractivity contribution in [3.63, 3.8) is 0 Å². The lowest BCUT2D eigenvalue weighted by Gasteiger charge is -2.10. The molecule has 7 nitrogen and oxygen atoms in total. The maximum absolute atomic E-state index is 13.2. The van der Waals surface area contributed by atoms with Gasteiger partial charge in [0.15, 0.2) is 0 Å². The van der Waals surface area contributed by atoms with E-state index in [1.54, 1.807) is 24.3 Å². The number of fused-ring (bicyclic) bond motifs is 1. The summed E-state index contributed by atoms with van der Waals surface area (Å²) >= 11 is 1.48. The zero-order chi connectivity index (χ0) is 25.2. The standard InChI is InChI=1S/C24H18F3N3O4S/c1-2-11-34-17-8-9-19-21(13-17)35-23(29-19)14-3-6-16(7-4-14)28-22(31)15-5-10-20(30(32)33)18(12-15)24(25,26)27/h3-10,12-13H,2,11H2,1H3,(H,28,31). The number of carbonyl (C=O) groups is 1. The number of aromatic nitrogens is 1. The van der Waals surface area contributed by atoms with Crippen LogP contribution in [-0.2, 0) is 6.18 Å². The van der Waals surface area contributed by atoms with Gasteiger partial charge in [0.05, 0.1) is 21.7 Å². The summed E-state index contributed by atoms with van der Waals surface area (Å²) < 4.78 is 46.2. The fraction of sp³-hybridized carbons (Fsp3) is 0.167. The maximum atomic E-state index is 13.2. The summed E-state index contributed by atoms with van der Waals surface area (Å²) in [6.45, 7) is 2.66. The molecule has 4 rings (SSSR count). The Hall–Kier alpha value is -3.99. The predicted octanol–water partition coefficient (Wildman–Crippen LogP) is 6.93. The number of thiazole rings is 1. The van der Waals surface area contributed by atoms with E-state index < -0.39 is 28.3 Å². The first-order chi connectivity index (χ1) is 16.7. The van der Waals surface area contributed by atoms with Crippen molar-refractivity contribution >= 4 is 38.8 Å². The molecule has 0 radical (unpaired) electrons. The van der Waals surface area contributed by atoms with Gasteiger partial charge in [-0.2, -0.15) is 13.2 Å². The van der Waals surface area contributed by atoms with Gasteiger partial charge in [-0.25, -0.2) is 4.98 Å². The molecule has 1 aromatic heterocycles. The van der Waals surface area contributed by atoms with Gasteiger partial charge in [0.1, 0.15) is 16.3 Å². The summed E-state index contributed by atoms with van der Waals surface area (Å²) in [6, 6.07) is 14.5. The minimum absolute atomic E-state index is 0.348. The van der Waals surface area contributed by atoms with Gasteiger partial charge in [0, 0.05) is 22.9 Å². The van der Waals surface area contributed by atoms with Crippen LogP contribution < -0.4 is 10.1 Å². The molecule has 0 aliphatic rings. The first-order valence-corrected chi connectivity index (χ1v) is 11.3. The van der Waals surface area contributed by atoms with E-state index in [1.807, 2.05) is 25.1 Å². The Labute approximate surface area is 201 Å². The summed E-state index contributed by atoms with van der Waals surface area (Å²) in [4.78, 5) is 26.9. The van der Waals surface area contributed by atoms with Crippen molar-refractivity contribution < 1.29 is 27.6 Å². The minimum Gasteiger partial charge on any atom is -0.494 e. The molecule has 0 fully saturated rings. The number of halogens is 3. The number of nitrogens with one attached hydrogen (secondary N) is 1. The summed E-state index contributed by atoms with van der Waals surface area (Å²) in [5.74, 6) is -0.0507. The molecule has 4 aromatic rings. The highest BCUT2D eigenvalue weighted by atomic mass is 32.1. The van der Waals surface area contributed by atoms with E-state index in [9.17, 15) is 28.1 Å². The first-order valence-electron chi connectivity index (χ1n) is 10.5. The SMILES string of the molecule is CCCOc1ccc2nc(-c3ccc(NC(=O)c4ccc([N+](=O)[O-])c(C(F)(F)F)c4)cc3)sc2c1. The summed E-state index contributed by atoms with van der Waals surface area (Å²) in [5, 5.41) is 14.2. The van der Waals surface area contributed by atoms with Crippen molar-refractivity contribution in [3.05, 3.63) is 81.9 Å². The lowest BCUT2D eigenvalue weighted by atomic mass is 10.1. The number of rotatable bonds is 7. The predicted molar refractivity (Wildman–Crippen MR) is 127 cm³/mol. The molecule has 0 spiro atoms. The minimum atomic E-state index is -4.97. The molecular weight excluding hydrogens is 483 g/mol. The summed E-state index contributed by atoms with van der Waals surface area (Å²) in [6.07, 6.45) is -4.07. The van der Waals surface area contributed by atoms with Gasteiger partial charge < -0.3 is 10.1 Å². The van der Waals surface area contributed by atoms with E-state index in [2.05, 4.69) is 10.3 Å². The second-order valence-corrected chi connectivity index (χ2v) is 8.55. The molecule has 0 saturated heterocycles. The van der Waals surface area contributed by atoms with Crippen LogP contribution in [0.1, 0.15) is 29.3 Å². The van der Waals surface area contributed by atoms with Gasteiger partial charge in [0.2, 0.25) is 0 Å². The van der Waals surface area contributed by atoms with Crippen LogP contribution in [0.4, 0.5) is 24.5 Å². The molecule has 3 aromatic carbocycles. The molecule has 0 saturated carbocycles. The van der Waals surface area contributed by atoms with Gasteiger partial charge in [-0.15, -0.1) is 11.3 Å². The topological polar surface area (TPSA) is 94.4 Å². The Morgan fingerprint density at radius 1 is 1.11 bits per heavy atom. The largest absolute Gasteiger partial charge is 0.494 e. The zero-order valence-corrected chi connectivity index (χ0v) is 19.1. The Morgan fingerprint density at radius 2 is 1.86 bits per heavy atom. The molecule has 35 heavy (non-hydrogen) atoms. The second kappa shape index (κ2) is 9.71. The fourth-order valence-corrected chi connectivity index (χ4v) is 4.30. The van der Waals surface area contributed by atoms with Crippen molar-refractivity contribution in [2.45, 2.75) is 19.5 Å². The smallest absolute Gasteiger partial charge is 0.423 e. The normalized spacial score (nSPS) is 11.4. The third kappa shape index (κ3) is 5.40. The summed E-state index contributed by atoms with van der Waals surface area (Å²) in [5.41, 5.74) is -0.969. The number of nitrogens with zero attached hydrogens (tertiary/aromatic N) is 2. The van der Waals surface area contributed by atoms with Crippen LogP contribution >= 0.6 is 11.3 Å². The van der Waals surface area contributed by atoms with Gasteiger partial charge in [-0.3, -0.25) is 14.9 Å². The van der Waals surface area contributed by atoms with E-state index in [4.69, 9.17) is 4.74 Å². The van der Waals surface area contributed by atoms with Crippen molar-refractivity contribution in [3.8, 4) is 16.3 Å². The van der Waals surface area contributed by atoms with Crippen LogP contribution in [0.3, 0.4) is 0 Å². The average molecular weight is 501 g/mol. The number of alkyl halides is 3. The van der Waals surface area contributed by atoms with Crippen LogP contribution in [-0.4, -0.2) is 22.4 Å². The van der Waals surface area contributed by atoms with E-state index in [0.29, 0.717) is 24.4 Å². The highest BCUT2D eigenvalue weighted by Crippen LogP contribution is 2.37. The van der Waals surface area contributed by atoms with E-state index in [1.165, 1.54) is 11.3 Å². The number of amides is 1. The van der Waals surface area contributed by atoms with Crippen molar-refractivity contribution in [2.24, 2.45) is 0 Å². The van der Waals surface area contributed by atoms with Gasteiger partial charge in [0.25, 0.3) is 11.6 Å². The zero-order valence-electron chi connectivity index (χ0n) is 18.3. The average Bonchev–Trinajstić information content (AvgIpc) is 3.25. The van der Waals surface area contributed by atoms with Gasteiger partial charge in [-0.05, 0) is 61.0 Å². The van der Waals surface area contributed by atoms with E-state index in [0.717, 1.165) is 39.0 Å². The molecule has 0 atom stereocenters. The molecule has 0 bridgehead atoms. The van der Waals surface area contributed by atoms with Crippen LogP contribution in [0.5, 0.6) is 5.75 Å². The van der Waals surface area contributed by atoms with E-state index >= 15 is 0 Å². The van der Waals surface area contributed by atoms with Crippen LogP contribution in [0.2, 0.25) is 0 Å². The van der Waals surface area contributed by atoms with Crippen LogP contribution in [0, 0.1) is 10.1 Å². The molecule has 180 valence electrons. The third-order valence-electron chi connectivity index (χ3n) is 4.98. The van der Waals surface area contributed by atoms with Crippen LogP contribution in [0.25, 0.3) is 20.8 Å². The second-order valence-electron chi connectivity index (χ2n) is 7.52. The number of carbonyl (C=O) groups excluding carboxylic acids is 1. The van der Waals surface area contributed by atoms with Crippen molar-refractivity contribution in [1.82, 2.24) is 4.98 Å². The molecule has 1 N–H and O–H groups in total. The molecule has 0 aliphatic carbocycles. The number of nitro benzene ring substituents is 1. The van der Waals surface area contributed by atoms with Crippen molar-refractivity contribution in [1.29, 1.82) is 0 Å². The Balaban J connectivity index is 1.52. The highest BCUT2D eigenvalue weighted by Gasteiger charge is 2.38. The first kappa shape index (κ1) is 24.1. The number of hydrogen-bond donors (Lipinski definition) is 1. The molecule has 0 aliphatic heterocycles. The number of anilines is 1. The third-order valence-corrected chi connectivity index (χ3v) is 6.05. The number of nitro groups is 1. The highest BCUT2D eigenvalue weighted by molar-refractivity contribution is 7.21. The Kier molecular flexibility index (Phi) is 6.70. The Bertz CT molecular complexity index is 1400. The molecular formula is C24H18F3N3O4S. The summed E-state index contributed by atoms with van der Waals surface area (Å²) in [7, 11) is 0. The lowest BCUT2D eigenvalue weighted by molar-refractivity contribution is -0.388.